The van der Waals surface area contributed by atoms with Crippen LogP contribution in [0.3, 0.4) is 0 Å². The van der Waals surface area contributed by atoms with Crippen molar-refractivity contribution < 1.29 is 22.4 Å². The summed E-state index contributed by atoms with van der Waals surface area (Å²) < 4.78 is 40.3. The van der Waals surface area contributed by atoms with Crippen LogP contribution in [0.1, 0.15) is 6.92 Å². The Morgan fingerprint density at radius 1 is 1.48 bits per heavy atom. The van der Waals surface area contributed by atoms with Crippen LogP contribution in [0.4, 0.5) is 0 Å². The van der Waals surface area contributed by atoms with Crippen LogP contribution in [0.25, 0.3) is 10.2 Å². The highest BCUT2D eigenvalue weighted by atomic mass is 32.2. The average molecular weight is 347 g/mol. The number of sulfone groups is 1. The van der Waals surface area contributed by atoms with Gasteiger partial charge in [0.2, 0.25) is 14.2 Å². The van der Waals surface area contributed by atoms with Gasteiger partial charge in [-0.15, -0.1) is 11.3 Å². The number of benzene rings is 1. The van der Waals surface area contributed by atoms with Crippen molar-refractivity contribution in [2.24, 2.45) is 0 Å². The van der Waals surface area contributed by atoms with Gasteiger partial charge in [-0.3, -0.25) is 4.57 Å². The van der Waals surface area contributed by atoms with Gasteiger partial charge in [-0.1, -0.05) is 23.8 Å². The van der Waals surface area contributed by atoms with Crippen LogP contribution < -0.4 is 0 Å². The number of para-hydroxylation sites is 1. The van der Waals surface area contributed by atoms with Crippen LogP contribution in [0.2, 0.25) is 0 Å². The first-order chi connectivity index (χ1) is 9.88. The summed E-state index contributed by atoms with van der Waals surface area (Å²) in [7, 11) is -6.51. The molecule has 0 fully saturated rings. The second-order valence-corrected chi connectivity index (χ2v) is 8.39. The number of aromatic nitrogens is 1. The topological polar surface area (TPSA) is 93.6 Å². The highest BCUT2D eigenvalue weighted by Gasteiger charge is 2.18. The van der Waals surface area contributed by atoms with E-state index in [4.69, 9.17) is 4.89 Å². The summed E-state index contributed by atoms with van der Waals surface area (Å²) in [4.78, 5) is 12.7. The molecule has 2 aromatic rings. The SMILES string of the molecule is CC(=CCS(=O)(=O)c1nc2ccccc2s1)CO[PH](=O)O. The third-order valence-corrected chi connectivity index (χ3v) is 6.08. The molecule has 0 aliphatic heterocycles. The third kappa shape index (κ3) is 4.46. The number of thiazole rings is 1. The lowest BCUT2D eigenvalue weighted by Crippen LogP contribution is -2.05. The van der Waals surface area contributed by atoms with E-state index in [1.54, 1.807) is 19.1 Å². The maximum atomic E-state index is 12.2. The first-order valence-corrected chi connectivity index (χ1v) is 9.71. The van der Waals surface area contributed by atoms with Crippen LogP contribution in [0.15, 0.2) is 40.3 Å². The van der Waals surface area contributed by atoms with Gasteiger partial charge in [-0.05, 0) is 19.1 Å². The molecule has 6 nitrogen and oxygen atoms in total. The summed E-state index contributed by atoms with van der Waals surface area (Å²) in [6.07, 6.45) is 1.46. The zero-order valence-electron chi connectivity index (χ0n) is 11.1. The normalized spacial score (nSPS) is 14.5. The maximum absolute atomic E-state index is 12.2. The van der Waals surface area contributed by atoms with E-state index in [0.717, 1.165) is 16.0 Å². The standard InChI is InChI=1S/C12H14NO5PS2/c1-9(8-18-19(14)15)6-7-21(16,17)12-13-10-4-2-3-5-11(10)20-12/h2-6,19H,7-8H2,1H3,(H,14,15). The van der Waals surface area contributed by atoms with E-state index in [1.165, 1.54) is 6.08 Å². The molecule has 114 valence electrons. The van der Waals surface area contributed by atoms with E-state index in [-0.39, 0.29) is 16.7 Å². The summed E-state index contributed by atoms with van der Waals surface area (Å²) in [6, 6.07) is 7.21. The minimum absolute atomic E-state index is 0.0658. The molecule has 1 heterocycles. The predicted octanol–water partition coefficient (Wildman–Crippen LogP) is 2.41. The third-order valence-electron chi connectivity index (χ3n) is 2.61. The molecule has 0 amide bonds. The van der Waals surface area contributed by atoms with Gasteiger partial charge in [0, 0.05) is 0 Å². The molecule has 2 rings (SSSR count). The van der Waals surface area contributed by atoms with Gasteiger partial charge in [0.1, 0.15) is 0 Å². The van der Waals surface area contributed by atoms with Gasteiger partial charge >= 0.3 is 8.25 Å². The predicted molar refractivity (Wildman–Crippen MR) is 82.6 cm³/mol. The Morgan fingerprint density at radius 2 is 2.19 bits per heavy atom. The Balaban J connectivity index is 2.14. The van der Waals surface area contributed by atoms with Crippen LogP contribution in [-0.4, -0.2) is 30.7 Å². The Morgan fingerprint density at radius 3 is 2.86 bits per heavy atom. The van der Waals surface area contributed by atoms with Gasteiger partial charge < -0.3 is 9.42 Å². The van der Waals surface area contributed by atoms with Crippen LogP contribution in [0, 0.1) is 0 Å². The Hall–Kier alpha value is -1.05. The molecule has 0 saturated heterocycles. The largest absolute Gasteiger partial charge is 0.326 e. The van der Waals surface area contributed by atoms with Gasteiger partial charge in [0.05, 0.1) is 22.6 Å². The molecular weight excluding hydrogens is 333 g/mol. The fourth-order valence-electron chi connectivity index (χ4n) is 1.54. The van der Waals surface area contributed by atoms with E-state index in [2.05, 4.69) is 9.51 Å². The van der Waals surface area contributed by atoms with Crippen molar-refractivity contribution in [1.82, 2.24) is 4.98 Å². The number of hydrogen-bond donors (Lipinski definition) is 1. The maximum Gasteiger partial charge on any atom is 0.316 e. The quantitative estimate of drug-likeness (QED) is 0.637. The minimum atomic E-state index is -3.51. The molecule has 1 aromatic carbocycles. The Labute approximate surface area is 127 Å². The molecule has 1 unspecified atom stereocenters. The molecule has 0 radical (unpaired) electrons. The number of rotatable bonds is 6. The lowest BCUT2D eigenvalue weighted by molar-refractivity contribution is 0.305. The summed E-state index contributed by atoms with van der Waals surface area (Å²) in [5.74, 6) is -0.214. The van der Waals surface area contributed by atoms with Crippen LogP contribution in [-0.2, 0) is 18.9 Å². The number of hydrogen-bond acceptors (Lipinski definition) is 6. The fraction of sp³-hybridized carbons (Fsp3) is 0.250. The molecule has 21 heavy (non-hydrogen) atoms. The Bertz CT molecular complexity index is 764. The molecule has 0 aliphatic rings. The van der Waals surface area contributed by atoms with Crippen molar-refractivity contribution in [2.45, 2.75) is 11.3 Å². The van der Waals surface area contributed by atoms with Gasteiger partial charge in [0.25, 0.3) is 0 Å². The zero-order chi connectivity index (χ0) is 15.5. The monoisotopic (exact) mass is 347 g/mol. The number of nitrogens with zero attached hydrogens (tertiary/aromatic N) is 1. The first kappa shape index (κ1) is 16.3. The van der Waals surface area contributed by atoms with E-state index in [9.17, 15) is 13.0 Å². The van der Waals surface area contributed by atoms with Crippen molar-refractivity contribution in [3.05, 3.63) is 35.9 Å². The second kappa shape index (κ2) is 6.81. The van der Waals surface area contributed by atoms with E-state index in [1.807, 2.05) is 12.1 Å². The highest BCUT2D eigenvalue weighted by Crippen LogP contribution is 2.26. The minimum Gasteiger partial charge on any atom is -0.326 e. The van der Waals surface area contributed by atoms with Crippen molar-refractivity contribution in [1.29, 1.82) is 0 Å². The van der Waals surface area contributed by atoms with Gasteiger partial charge in [0.15, 0.2) is 0 Å². The molecular formula is C12H14NO5PS2. The van der Waals surface area contributed by atoms with Crippen molar-refractivity contribution >= 4 is 39.6 Å². The Kier molecular flexibility index (Phi) is 5.29. The summed E-state index contributed by atoms with van der Waals surface area (Å²) in [6.45, 7) is 1.57. The molecule has 0 spiro atoms. The zero-order valence-corrected chi connectivity index (χ0v) is 13.8. The molecule has 0 saturated carbocycles. The molecule has 1 N–H and O–H groups in total. The van der Waals surface area contributed by atoms with Crippen molar-refractivity contribution in [2.75, 3.05) is 12.4 Å². The highest BCUT2D eigenvalue weighted by molar-refractivity contribution is 7.93. The van der Waals surface area contributed by atoms with Crippen LogP contribution >= 0.6 is 19.6 Å². The van der Waals surface area contributed by atoms with Crippen molar-refractivity contribution in [3.63, 3.8) is 0 Å². The average Bonchev–Trinajstić information content (AvgIpc) is 2.87. The molecule has 9 heteroatoms. The molecule has 1 aromatic heterocycles. The van der Waals surface area contributed by atoms with Crippen LogP contribution in [0.5, 0.6) is 0 Å². The van der Waals surface area contributed by atoms with Crippen molar-refractivity contribution in [3.8, 4) is 0 Å². The smallest absolute Gasteiger partial charge is 0.316 e. The lowest BCUT2D eigenvalue weighted by Gasteiger charge is -2.01. The summed E-state index contributed by atoms with van der Waals surface area (Å²) in [5, 5.41) is 0. The van der Waals surface area contributed by atoms with E-state index < -0.39 is 18.1 Å². The fourth-order valence-corrected chi connectivity index (χ4v) is 4.46. The van der Waals surface area contributed by atoms with E-state index >= 15 is 0 Å². The molecule has 1 atom stereocenters. The van der Waals surface area contributed by atoms with Gasteiger partial charge in [-0.2, -0.15) is 0 Å². The number of fused-ring (bicyclic) bond motifs is 1. The van der Waals surface area contributed by atoms with E-state index in [0.29, 0.717) is 11.1 Å². The summed E-state index contributed by atoms with van der Waals surface area (Å²) in [5.41, 5.74) is 1.23. The molecule has 0 aliphatic carbocycles. The van der Waals surface area contributed by atoms with Gasteiger partial charge in [-0.25, -0.2) is 13.4 Å². The summed E-state index contributed by atoms with van der Waals surface area (Å²) >= 11 is 1.13. The molecule has 0 bridgehead atoms. The first-order valence-electron chi connectivity index (χ1n) is 5.98. The lowest BCUT2D eigenvalue weighted by atomic mass is 10.3. The second-order valence-electron chi connectivity index (χ2n) is 4.33.